The van der Waals surface area contributed by atoms with E-state index in [0.717, 1.165) is 25.7 Å². The second kappa shape index (κ2) is 20.8. The topological polar surface area (TPSA) is 90.4 Å². The Morgan fingerprint density at radius 3 is 1.32 bits per heavy atom. The van der Waals surface area contributed by atoms with E-state index < -0.39 is 0 Å². The second-order valence-corrected chi connectivity index (χ2v) is 11.1. The molecule has 0 aliphatic rings. The summed E-state index contributed by atoms with van der Waals surface area (Å²) in [5.41, 5.74) is 0.728. The van der Waals surface area contributed by atoms with Gasteiger partial charge < -0.3 is 28.7 Å². The number of ether oxygens (including phenoxy) is 4. The minimum Gasteiger partial charge on any atom is -0.379 e. The zero-order chi connectivity index (χ0) is 29.9. The quantitative estimate of drug-likeness (QED) is 0.178. The van der Waals surface area contributed by atoms with E-state index in [1.807, 2.05) is 60.3 Å². The third-order valence-corrected chi connectivity index (χ3v) is 5.89. The summed E-state index contributed by atoms with van der Waals surface area (Å²) in [6.07, 6.45) is 5.03. The molecule has 1 heterocycles. The lowest BCUT2D eigenvalue weighted by molar-refractivity contribution is 0.0531. The number of pyridine rings is 1. The molecular weight excluding hydrogens is 510 g/mol. The number of aromatic nitrogens is 1. The van der Waals surface area contributed by atoms with Gasteiger partial charge in [0.25, 0.3) is 11.8 Å². The molecule has 0 radical (unpaired) electrons. The van der Waals surface area contributed by atoms with Crippen LogP contribution in [-0.4, -0.2) is 104 Å². The van der Waals surface area contributed by atoms with E-state index in [2.05, 4.69) is 4.98 Å². The molecule has 0 aliphatic heterocycles. The van der Waals surface area contributed by atoms with E-state index in [0.29, 0.717) is 58.2 Å². The molecule has 230 valence electrons. The van der Waals surface area contributed by atoms with Gasteiger partial charge in [-0.15, -0.1) is 0 Å². The highest BCUT2D eigenvalue weighted by Crippen LogP contribution is 2.12. The predicted molar refractivity (Wildman–Crippen MR) is 159 cm³/mol. The molecule has 40 heavy (non-hydrogen) atoms. The molecule has 0 saturated heterocycles. The molecule has 0 fully saturated rings. The normalized spacial score (nSPS) is 11.7. The highest BCUT2D eigenvalue weighted by molar-refractivity contribution is 5.98. The molecule has 1 aromatic rings. The molecule has 1 aromatic heterocycles. The average Bonchev–Trinajstić information content (AvgIpc) is 2.90. The monoisotopic (exact) mass is 565 g/mol. The summed E-state index contributed by atoms with van der Waals surface area (Å²) in [5.74, 6) is -0.307. The Hall–Kier alpha value is -2.07. The molecule has 0 aliphatic carbocycles. The van der Waals surface area contributed by atoms with Gasteiger partial charge in [-0.3, -0.25) is 14.6 Å². The first-order valence-corrected chi connectivity index (χ1v) is 15.0. The zero-order valence-electron chi connectivity index (χ0n) is 26.3. The first-order chi connectivity index (χ1) is 19.0. The lowest BCUT2D eigenvalue weighted by Crippen LogP contribution is -2.36. The van der Waals surface area contributed by atoms with Crippen LogP contribution in [0.15, 0.2) is 18.3 Å². The molecule has 1 rings (SSSR count). The van der Waals surface area contributed by atoms with Crippen LogP contribution in [0.1, 0.15) is 102 Å². The first-order valence-electron chi connectivity index (χ1n) is 15.0. The maximum Gasteiger partial charge on any atom is 0.272 e. The lowest BCUT2D eigenvalue weighted by atomic mass is 10.1. The summed E-state index contributed by atoms with van der Waals surface area (Å²) in [7, 11) is 0. The fraction of sp³-hybridized carbons (Fsp3) is 0.774. The fourth-order valence-corrected chi connectivity index (χ4v) is 3.95. The maximum atomic E-state index is 13.6. The molecule has 2 amide bonds. The summed E-state index contributed by atoms with van der Waals surface area (Å²) >= 11 is 0. The molecule has 0 aromatic carbocycles. The van der Waals surface area contributed by atoms with Crippen LogP contribution in [0.3, 0.4) is 0 Å². The number of carbonyl (C=O) groups excluding carboxylic acids is 2. The van der Waals surface area contributed by atoms with E-state index >= 15 is 0 Å². The highest BCUT2D eigenvalue weighted by Gasteiger charge is 2.21. The lowest BCUT2D eigenvalue weighted by Gasteiger charge is -2.25. The number of rotatable bonds is 22. The van der Waals surface area contributed by atoms with Crippen LogP contribution < -0.4 is 0 Å². The first kappa shape index (κ1) is 36.0. The summed E-state index contributed by atoms with van der Waals surface area (Å²) in [5, 5.41) is 0. The predicted octanol–water partition coefficient (Wildman–Crippen LogP) is 5.23. The molecule has 0 atom stereocenters. The Balaban J connectivity index is 2.97. The molecule has 0 bridgehead atoms. The van der Waals surface area contributed by atoms with E-state index in [1.54, 1.807) is 23.2 Å². The van der Waals surface area contributed by atoms with E-state index in [9.17, 15) is 9.59 Å². The summed E-state index contributed by atoms with van der Waals surface area (Å²) in [4.78, 5) is 35.0. The van der Waals surface area contributed by atoms with Crippen molar-refractivity contribution in [2.45, 2.75) is 105 Å². The van der Waals surface area contributed by atoms with Crippen molar-refractivity contribution in [3.8, 4) is 0 Å². The van der Waals surface area contributed by atoms with Gasteiger partial charge in [0, 0.05) is 64.4 Å². The number of amides is 2. The highest BCUT2D eigenvalue weighted by atomic mass is 16.5. The Bertz CT molecular complexity index is 736. The molecule has 0 spiro atoms. The minimum absolute atomic E-state index is 0.118. The van der Waals surface area contributed by atoms with Crippen molar-refractivity contribution in [2.24, 2.45) is 0 Å². The Kier molecular flexibility index (Phi) is 18.7. The van der Waals surface area contributed by atoms with Crippen molar-refractivity contribution < 1.29 is 28.5 Å². The third kappa shape index (κ3) is 16.3. The van der Waals surface area contributed by atoms with Crippen molar-refractivity contribution in [1.82, 2.24) is 14.8 Å². The minimum atomic E-state index is -0.189. The van der Waals surface area contributed by atoms with Gasteiger partial charge in [-0.1, -0.05) is 0 Å². The van der Waals surface area contributed by atoms with Gasteiger partial charge in [-0.2, -0.15) is 0 Å². The van der Waals surface area contributed by atoms with Gasteiger partial charge in [-0.05, 0) is 93.2 Å². The number of nitrogens with zero attached hydrogens (tertiary/aromatic N) is 3. The smallest absolute Gasteiger partial charge is 0.272 e. The van der Waals surface area contributed by atoms with Gasteiger partial charge in [-0.25, -0.2) is 0 Å². The molecule has 9 heteroatoms. The molecule has 0 saturated carbocycles. The van der Waals surface area contributed by atoms with Gasteiger partial charge in [0.15, 0.2) is 0 Å². The van der Waals surface area contributed by atoms with E-state index in [-0.39, 0.29) is 41.9 Å². The largest absolute Gasteiger partial charge is 0.379 e. The van der Waals surface area contributed by atoms with Crippen LogP contribution in [0.4, 0.5) is 0 Å². The molecular formula is C31H55N3O6. The standard InChI is InChI=1S/C31H55N3O6/c1-24(2)37-19-9-15-33(16-10-20-38-25(3)4)30(35)28-13-14-32-29(23-28)31(36)34(17-11-21-39-26(5)6)18-12-22-40-27(7)8/h13-14,23-27H,9-12,15-22H2,1-8H3. The summed E-state index contributed by atoms with van der Waals surface area (Å²) in [6.45, 7) is 20.5. The Labute approximate surface area is 242 Å². The van der Waals surface area contributed by atoms with Crippen LogP contribution in [0.2, 0.25) is 0 Å². The van der Waals surface area contributed by atoms with Crippen LogP contribution in [0.5, 0.6) is 0 Å². The van der Waals surface area contributed by atoms with E-state index in [4.69, 9.17) is 18.9 Å². The number of hydrogen-bond acceptors (Lipinski definition) is 7. The third-order valence-electron chi connectivity index (χ3n) is 5.89. The van der Waals surface area contributed by atoms with Crippen LogP contribution in [-0.2, 0) is 18.9 Å². The SMILES string of the molecule is CC(C)OCCCN(CCCOC(C)C)C(=O)c1ccnc(C(=O)N(CCCOC(C)C)CCCOC(C)C)c1. The van der Waals surface area contributed by atoms with Crippen LogP contribution >= 0.6 is 0 Å². The Morgan fingerprint density at radius 2 is 0.975 bits per heavy atom. The van der Waals surface area contributed by atoms with Crippen molar-refractivity contribution in [3.05, 3.63) is 29.6 Å². The summed E-state index contributed by atoms with van der Waals surface area (Å²) < 4.78 is 22.7. The van der Waals surface area contributed by atoms with Gasteiger partial charge in [0.2, 0.25) is 0 Å². The van der Waals surface area contributed by atoms with Crippen molar-refractivity contribution >= 4 is 11.8 Å². The summed E-state index contributed by atoms with van der Waals surface area (Å²) in [6, 6.07) is 3.30. The molecule has 0 N–H and O–H groups in total. The van der Waals surface area contributed by atoms with Crippen LogP contribution in [0.25, 0.3) is 0 Å². The fourth-order valence-electron chi connectivity index (χ4n) is 3.95. The second-order valence-electron chi connectivity index (χ2n) is 11.1. The van der Waals surface area contributed by atoms with Crippen molar-refractivity contribution in [1.29, 1.82) is 0 Å². The number of carbonyl (C=O) groups is 2. The van der Waals surface area contributed by atoms with Gasteiger partial charge in [0.05, 0.1) is 24.4 Å². The molecule has 9 nitrogen and oxygen atoms in total. The van der Waals surface area contributed by atoms with Gasteiger partial charge in [0.1, 0.15) is 5.69 Å². The Morgan fingerprint density at radius 1 is 0.625 bits per heavy atom. The average molecular weight is 566 g/mol. The zero-order valence-corrected chi connectivity index (χ0v) is 26.3. The molecule has 0 unspecified atom stereocenters. The number of hydrogen-bond donors (Lipinski definition) is 0. The maximum absolute atomic E-state index is 13.6. The van der Waals surface area contributed by atoms with E-state index in [1.165, 1.54) is 0 Å². The van der Waals surface area contributed by atoms with Crippen LogP contribution in [0, 0.1) is 0 Å². The van der Waals surface area contributed by atoms with Crippen molar-refractivity contribution in [3.63, 3.8) is 0 Å². The van der Waals surface area contributed by atoms with Gasteiger partial charge >= 0.3 is 0 Å². The van der Waals surface area contributed by atoms with Crippen molar-refractivity contribution in [2.75, 3.05) is 52.6 Å².